The number of alkyl halides is 3. The van der Waals surface area contributed by atoms with Crippen molar-refractivity contribution in [2.24, 2.45) is 7.05 Å². The number of ether oxygens (including phenoxy) is 3. The summed E-state index contributed by atoms with van der Waals surface area (Å²) in [6, 6.07) is 12.3. The molecule has 0 bridgehead atoms. The second kappa shape index (κ2) is 9.76. The van der Waals surface area contributed by atoms with Crippen molar-refractivity contribution < 1.29 is 27.4 Å². The third-order valence-corrected chi connectivity index (χ3v) is 5.48. The summed E-state index contributed by atoms with van der Waals surface area (Å²) in [5.41, 5.74) is -0.233. The molecule has 2 aromatic carbocycles. The molecular formula is C24H24F3N3O4. The van der Waals surface area contributed by atoms with Crippen molar-refractivity contribution in [3.8, 4) is 17.4 Å². The lowest BCUT2D eigenvalue weighted by Crippen LogP contribution is -2.39. The second-order valence-electron chi connectivity index (χ2n) is 7.90. The molecule has 1 saturated heterocycles. The van der Waals surface area contributed by atoms with E-state index in [9.17, 15) is 18.0 Å². The first kappa shape index (κ1) is 23.6. The number of anilines is 1. The maximum Gasteiger partial charge on any atom is 0.416 e. The molecule has 0 spiro atoms. The number of hydrogen-bond donors (Lipinski definition) is 0. The van der Waals surface area contributed by atoms with Crippen molar-refractivity contribution in [3.05, 3.63) is 75.7 Å². The minimum Gasteiger partial charge on any atom is -0.473 e. The number of halogens is 3. The number of hydrogen-bond acceptors (Lipinski definition) is 6. The molecule has 10 heteroatoms. The van der Waals surface area contributed by atoms with E-state index in [2.05, 4.69) is 4.98 Å². The van der Waals surface area contributed by atoms with E-state index in [1.54, 1.807) is 37.4 Å². The van der Waals surface area contributed by atoms with Gasteiger partial charge in [-0.1, -0.05) is 18.2 Å². The van der Waals surface area contributed by atoms with Gasteiger partial charge in [0.25, 0.3) is 0 Å². The third kappa shape index (κ3) is 5.51. The fraction of sp³-hybridized carbons (Fsp3) is 0.333. The fourth-order valence-corrected chi connectivity index (χ4v) is 3.59. The highest BCUT2D eigenvalue weighted by Crippen LogP contribution is 2.35. The summed E-state index contributed by atoms with van der Waals surface area (Å²) in [5.74, 6) is 1.41. The van der Waals surface area contributed by atoms with Gasteiger partial charge in [-0.15, -0.1) is 0 Å². The summed E-state index contributed by atoms with van der Waals surface area (Å²) in [7, 11) is 1.66. The molecule has 7 nitrogen and oxygen atoms in total. The highest BCUT2D eigenvalue weighted by molar-refractivity contribution is 5.43. The zero-order valence-corrected chi connectivity index (χ0v) is 18.8. The molecule has 0 atom stereocenters. The first-order chi connectivity index (χ1) is 16.2. The standard InChI is InChI=1S/C24H24F3N3O4/c1-16-3-6-19(13-20(16)24(25,26)27)34-18-7-4-17(5-8-18)15-33-21-14-22(29(2)23(31)28-21)30-9-11-32-12-10-30/h3-8,13-14H,9-12,15H2,1-2H3. The Morgan fingerprint density at radius 2 is 1.71 bits per heavy atom. The molecule has 1 aromatic heterocycles. The number of aromatic nitrogens is 2. The number of morpholine rings is 1. The van der Waals surface area contributed by atoms with Crippen LogP contribution in [-0.2, 0) is 24.6 Å². The largest absolute Gasteiger partial charge is 0.473 e. The molecule has 0 unspecified atom stereocenters. The first-order valence-electron chi connectivity index (χ1n) is 10.7. The lowest BCUT2D eigenvalue weighted by Gasteiger charge is -2.29. The van der Waals surface area contributed by atoms with Crippen molar-refractivity contribution in [3.63, 3.8) is 0 Å². The second-order valence-corrected chi connectivity index (χ2v) is 7.90. The monoisotopic (exact) mass is 475 g/mol. The minimum atomic E-state index is -4.45. The molecule has 2 heterocycles. The minimum absolute atomic E-state index is 0.0990. The molecular weight excluding hydrogens is 451 g/mol. The van der Waals surface area contributed by atoms with Crippen LogP contribution in [0.1, 0.15) is 16.7 Å². The Kier molecular flexibility index (Phi) is 6.78. The molecule has 1 aliphatic heterocycles. The normalized spacial score (nSPS) is 14.2. The van der Waals surface area contributed by atoms with Gasteiger partial charge in [-0.3, -0.25) is 4.57 Å². The van der Waals surface area contributed by atoms with E-state index < -0.39 is 17.4 Å². The van der Waals surface area contributed by atoms with E-state index in [0.29, 0.717) is 37.9 Å². The van der Waals surface area contributed by atoms with E-state index in [4.69, 9.17) is 14.2 Å². The van der Waals surface area contributed by atoms with E-state index in [1.165, 1.54) is 23.6 Å². The molecule has 0 saturated carbocycles. The van der Waals surface area contributed by atoms with Crippen molar-refractivity contribution in [1.29, 1.82) is 0 Å². The molecule has 1 aliphatic rings. The van der Waals surface area contributed by atoms with Gasteiger partial charge in [-0.05, 0) is 42.3 Å². The summed E-state index contributed by atoms with van der Waals surface area (Å²) >= 11 is 0. The summed E-state index contributed by atoms with van der Waals surface area (Å²) in [5, 5.41) is 0. The Balaban J connectivity index is 1.42. The van der Waals surface area contributed by atoms with Crippen LogP contribution in [0.25, 0.3) is 0 Å². The molecule has 0 amide bonds. The Morgan fingerprint density at radius 3 is 2.38 bits per heavy atom. The Labute approximate surface area is 194 Å². The van der Waals surface area contributed by atoms with E-state index in [0.717, 1.165) is 11.6 Å². The average molecular weight is 475 g/mol. The van der Waals surface area contributed by atoms with Gasteiger partial charge in [-0.25, -0.2) is 4.79 Å². The molecule has 3 aromatic rings. The zero-order chi connectivity index (χ0) is 24.3. The van der Waals surface area contributed by atoms with E-state index in [1.807, 2.05) is 4.90 Å². The summed E-state index contributed by atoms with van der Waals surface area (Å²) < 4.78 is 57.5. The van der Waals surface area contributed by atoms with Crippen molar-refractivity contribution in [2.75, 3.05) is 31.2 Å². The Bertz CT molecular complexity index is 1200. The highest BCUT2D eigenvalue weighted by Gasteiger charge is 2.32. The van der Waals surface area contributed by atoms with Crippen molar-refractivity contribution in [2.45, 2.75) is 19.7 Å². The van der Waals surface area contributed by atoms with Crippen molar-refractivity contribution in [1.82, 2.24) is 9.55 Å². The van der Waals surface area contributed by atoms with Gasteiger partial charge in [0.2, 0.25) is 5.88 Å². The van der Waals surface area contributed by atoms with Crippen LogP contribution in [0.4, 0.5) is 19.0 Å². The van der Waals surface area contributed by atoms with Gasteiger partial charge >= 0.3 is 11.9 Å². The first-order valence-corrected chi connectivity index (χ1v) is 10.7. The van der Waals surface area contributed by atoms with Crippen LogP contribution in [0.2, 0.25) is 0 Å². The molecule has 0 radical (unpaired) electrons. The van der Waals surface area contributed by atoms with Gasteiger partial charge in [0, 0.05) is 26.2 Å². The molecule has 34 heavy (non-hydrogen) atoms. The SMILES string of the molecule is Cc1ccc(Oc2ccc(COc3cc(N4CCOCC4)n(C)c(=O)n3)cc2)cc1C(F)(F)F. The number of benzene rings is 2. The predicted octanol–water partition coefficient (Wildman–Crippen LogP) is 4.32. The van der Waals surface area contributed by atoms with Gasteiger partial charge in [-0.2, -0.15) is 18.2 Å². The van der Waals surface area contributed by atoms with Crippen LogP contribution in [0, 0.1) is 6.92 Å². The average Bonchev–Trinajstić information content (AvgIpc) is 2.81. The predicted molar refractivity (Wildman–Crippen MR) is 120 cm³/mol. The molecule has 0 N–H and O–H groups in total. The zero-order valence-electron chi connectivity index (χ0n) is 18.8. The maximum atomic E-state index is 13.1. The summed E-state index contributed by atoms with van der Waals surface area (Å²) in [6.45, 7) is 4.07. The molecule has 180 valence electrons. The number of rotatable bonds is 6. The van der Waals surface area contributed by atoms with Crippen LogP contribution in [0.15, 0.2) is 53.3 Å². The highest BCUT2D eigenvalue weighted by atomic mass is 19.4. The molecule has 4 rings (SSSR count). The van der Waals surface area contributed by atoms with Crippen LogP contribution in [0.5, 0.6) is 17.4 Å². The molecule has 1 fully saturated rings. The lowest BCUT2D eigenvalue weighted by atomic mass is 10.1. The maximum absolute atomic E-state index is 13.1. The van der Waals surface area contributed by atoms with Crippen molar-refractivity contribution >= 4 is 5.82 Å². The van der Waals surface area contributed by atoms with Gasteiger partial charge < -0.3 is 19.1 Å². The van der Waals surface area contributed by atoms with Crippen LogP contribution < -0.4 is 20.1 Å². The van der Waals surface area contributed by atoms with Gasteiger partial charge in [0.05, 0.1) is 18.8 Å². The third-order valence-electron chi connectivity index (χ3n) is 5.48. The van der Waals surface area contributed by atoms with Gasteiger partial charge in [0.15, 0.2) is 0 Å². The number of aryl methyl sites for hydroxylation is 1. The quantitative estimate of drug-likeness (QED) is 0.529. The number of nitrogens with zero attached hydrogens (tertiary/aromatic N) is 3. The molecule has 0 aliphatic carbocycles. The smallest absolute Gasteiger partial charge is 0.416 e. The topological polar surface area (TPSA) is 65.8 Å². The van der Waals surface area contributed by atoms with Crippen LogP contribution in [0.3, 0.4) is 0 Å². The van der Waals surface area contributed by atoms with Crippen LogP contribution in [-0.4, -0.2) is 35.9 Å². The summed E-state index contributed by atoms with van der Waals surface area (Å²) in [4.78, 5) is 18.3. The van der Waals surface area contributed by atoms with Gasteiger partial charge in [0.1, 0.15) is 23.9 Å². The van der Waals surface area contributed by atoms with E-state index >= 15 is 0 Å². The lowest BCUT2D eigenvalue weighted by molar-refractivity contribution is -0.138. The Morgan fingerprint density at radius 1 is 1.03 bits per heavy atom. The summed E-state index contributed by atoms with van der Waals surface area (Å²) in [6.07, 6.45) is -4.45. The fourth-order valence-electron chi connectivity index (χ4n) is 3.59. The van der Waals surface area contributed by atoms with Crippen LogP contribution >= 0.6 is 0 Å². The Hall–Kier alpha value is -3.53. The van der Waals surface area contributed by atoms with E-state index in [-0.39, 0.29) is 23.8 Å².